The second kappa shape index (κ2) is 4.79. The Bertz CT molecular complexity index is 621. The SMILES string of the molecule is N#CC(=C=N)[n+]1nccc(-c2ccccc2)n1. The van der Waals surface area contributed by atoms with Crippen molar-refractivity contribution in [1.82, 2.24) is 10.2 Å². The molecule has 1 heterocycles. The maximum atomic E-state index is 8.77. The van der Waals surface area contributed by atoms with Crippen LogP contribution in [0.4, 0.5) is 0 Å². The molecule has 1 aromatic heterocycles. The molecule has 0 saturated heterocycles. The van der Waals surface area contributed by atoms with Crippen LogP contribution in [0.5, 0.6) is 0 Å². The number of nitriles is 1. The molecule has 80 valence electrons. The molecule has 5 nitrogen and oxygen atoms in total. The summed E-state index contributed by atoms with van der Waals surface area (Å²) in [4.78, 5) is 1.09. The molecule has 0 atom stereocenters. The summed E-state index contributed by atoms with van der Waals surface area (Å²) in [5, 5.41) is 23.8. The third-order valence-corrected chi connectivity index (χ3v) is 2.10. The van der Waals surface area contributed by atoms with E-state index in [-0.39, 0.29) is 5.70 Å². The number of hydrogen-bond acceptors (Lipinski definition) is 4. The fraction of sp³-hybridized carbons (Fsp3) is 0. The Kier molecular flexibility index (Phi) is 3.01. The molecule has 2 rings (SSSR count). The molecule has 1 N–H and O–H groups in total. The van der Waals surface area contributed by atoms with Crippen LogP contribution < -0.4 is 4.80 Å². The zero-order valence-electron chi connectivity index (χ0n) is 8.83. The van der Waals surface area contributed by atoms with E-state index in [4.69, 9.17) is 10.7 Å². The lowest BCUT2D eigenvalue weighted by atomic mass is 10.1. The van der Waals surface area contributed by atoms with Gasteiger partial charge in [0.25, 0.3) is 0 Å². The molecule has 0 bridgehead atoms. The van der Waals surface area contributed by atoms with Crippen LogP contribution in [0.3, 0.4) is 0 Å². The average molecular weight is 222 g/mol. The summed E-state index contributed by atoms with van der Waals surface area (Å²) in [6.07, 6.45) is 1.53. The summed E-state index contributed by atoms with van der Waals surface area (Å²) in [5.41, 5.74) is 1.55. The lowest BCUT2D eigenvalue weighted by molar-refractivity contribution is -0.701. The van der Waals surface area contributed by atoms with Crippen molar-refractivity contribution >= 4 is 11.6 Å². The van der Waals surface area contributed by atoms with Gasteiger partial charge in [0.2, 0.25) is 0 Å². The van der Waals surface area contributed by atoms with Gasteiger partial charge in [0, 0.05) is 15.8 Å². The molecule has 0 aliphatic rings. The Morgan fingerprint density at radius 3 is 2.65 bits per heavy atom. The van der Waals surface area contributed by atoms with Crippen molar-refractivity contribution in [3.05, 3.63) is 42.6 Å². The molecule has 17 heavy (non-hydrogen) atoms. The van der Waals surface area contributed by atoms with Crippen LogP contribution in [0.25, 0.3) is 17.0 Å². The molecule has 0 aliphatic carbocycles. The predicted octanol–water partition coefficient (Wildman–Crippen LogP) is 1.04. The van der Waals surface area contributed by atoms with Crippen molar-refractivity contribution in [3.8, 4) is 17.3 Å². The summed E-state index contributed by atoms with van der Waals surface area (Å²) >= 11 is 0. The van der Waals surface area contributed by atoms with Crippen LogP contribution >= 0.6 is 0 Å². The van der Waals surface area contributed by atoms with E-state index in [0.717, 1.165) is 10.4 Å². The van der Waals surface area contributed by atoms with Crippen LogP contribution in [0.2, 0.25) is 0 Å². The van der Waals surface area contributed by atoms with Gasteiger partial charge in [-0.2, -0.15) is 5.26 Å². The molecule has 0 fully saturated rings. The van der Waals surface area contributed by atoms with Crippen LogP contribution in [0.15, 0.2) is 42.6 Å². The lowest BCUT2D eigenvalue weighted by Gasteiger charge is -1.95. The Hall–Kier alpha value is -2.83. The maximum Gasteiger partial charge on any atom is 0.405 e. The average Bonchev–Trinajstić information content (AvgIpc) is 2.42. The molecule has 0 unspecified atom stereocenters. The highest BCUT2D eigenvalue weighted by Crippen LogP contribution is 2.13. The quantitative estimate of drug-likeness (QED) is 0.468. The van der Waals surface area contributed by atoms with Gasteiger partial charge in [0.1, 0.15) is 11.9 Å². The monoisotopic (exact) mass is 222 g/mol. The molecule has 2 aromatic rings. The Balaban J connectivity index is 2.50. The van der Waals surface area contributed by atoms with E-state index in [1.807, 2.05) is 36.2 Å². The lowest BCUT2D eigenvalue weighted by Crippen LogP contribution is -2.40. The number of nitrogens with zero attached hydrogens (tertiary/aromatic N) is 4. The van der Waals surface area contributed by atoms with E-state index >= 15 is 0 Å². The number of benzene rings is 1. The van der Waals surface area contributed by atoms with Crippen molar-refractivity contribution in [3.63, 3.8) is 0 Å². The zero-order chi connectivity index (χ0) is 12.1. The van der Waals surface area contributed by atoms with E-state index in [0.29, 0.717) is 5.69 Å². The molecule has 1 aromatic carbocycles. The fourth-order valence-corrected chi connectivity index (χ4v) is 1.32. The number of rotatable bonds is 2. The van der Waals surface area contributed by atoms with E-state index in [9.17, 15) is 0 Å². The predicted molar refractivity (Wildman–Crippen MR) is 60.7 cm³/mol. The van der Waals surface area contributed by atoms with Gasteiger partial charge in [-0.25, -0.2) is 0 Å². The normalized spacial score (nSPS) is 9.12. The van der Waals surface area contributed by atoms with Gasteiger partial charge in [-0.3, -0.25) is 5.41 Å². The van der Waals surface area contributed by atoms with E-state index in [1.54, 1.807) is 12.1 Å². The first-order valence-corrected chi connectivity index (χ1v) is 4.86. The maximum absolute atomic E-state index is 8.77. The molecular weight excluding hydrogens is 214 g/mol. The van der Waals surface area contributed by atoms with Crippen molar-refractivity contribution in [2.45, 2.75) is 0 Å². The zero-order valence-corrected chi connectivity index (χ0v) is 8.83. The largest absolute Gasteiger partial charge is 0.405 e. The van der Waals surface area contributed by atoms with E-state index in [1.165, 1.54) is 6.20 Å². The molecule has 0 amide bonds. The number of aromatic nitrogens is 3. The highest BCUT2D eigenvalue weighted by atomic mass is 15.5. The Morgan fingerprint density at radius 1 is 1.24 bits per heavy atom. The van der Waals surface area contributed by atoms with Gasteiger partial charge in [-0.1, -0.05) is 30.3 Å². The second-order valence-electron chi connectivity index (χ2n) is 3.16. The van der Waals surface area contributed by atoms with Gasteiger partial charge in [-0.05, 0) is 6.07 Å². The molecule has 0 radical (unpaired) electrons. The van der Waals surface area contributed by atoms with Gasteiger partial charge < -0.3 is 0 Å². The van der Waals surface area contributed by atoms with Gasteiger partial charge >= 0.3 is 5.70 Å². The number of allylic oxidation sites excluding steroid dienone is 1. The minimum absolute atomic E-state index is 0.0530. The summed E-state index contributed by atoms with van der Waals surface area (Å²) in [6, 6.07) is 13.1. The molecule has 0 saturated carbocycles. The Morgan fingerprint density at radius 2 is 2.00 bits per heavy atom. The third-order valence-electron chi connectivity index (χ3n) is 2.10. The topological polar surface area (TPSA) is 77.3 Å². The standard InChI is InChI=1S/C12H8N5/c13-8-11(9-14)17-15-7-6-12(16-17)10-4-2-1-3-5-10/h1-7,13H/q+1. The van der Waals surface area contributed by atoms with Crippen LogP contribution in [0, 0.1) is 16.7 Å². The minimum atomic E-state index is -0.0530. The van der Waals surface area contributed by atoms with E-state index in [2.05, 4.69) is 10.2 Å². The summed E-state index contributed by atoms with van der Waals surface area (Å²) < 4.78 is 0. The molecule has 0 spiro atoms. The van der Waals surface area contributed by atoms with Crippen molar-refractivity contribution < 1.29 is 4.80 Å². The number of hydrogen-bond donors (Lipinski definition) is 1. The van der Waals surface area contributed by atoms with Gasteiger partial charge in [0.15, 0.2) is 6.07 Å². The van der Waals surface area contributed by atoms with Crippen molar-refractivity contribution in [1.29, 1.82) is 10.7 Å². The smallest absolute Gasteiger partial charge is 0.252 e. The molecular formula is C12H8N5+. The van der Waals surface area contributed by atoms with Crippen molar-refractivity contribution in [2.75, 3.05) is 0 Å². The first-order valence-electron chi connectivity index (χ1n) is 4.86. The highest BCUT2D eigenvalue weighted by molar-refractivity contribution is 5.80. The second-order valence-corrected chi connectivity index (χ2v) is 3.16. The molecule has 5 heteroatoms. The molecule has 0 aliphatic heterocycles. The van der Waals surface area contributed by atoms with Gasteiger partial charge in [-0.15, -0.1) is 0 Å². The summed E-state index contributed by atoms with van der Waals surface area (Å²) in [7, 11) is 0. The van der Waals surface area contributed by atoms with Crippen LogP contribution in [-0.4, -0.2) is 16.1 Å². The summed E-state index contributed by atoms with van der Waals surface area (Å²) in [6.45, 7) is 0. The first kappa shape index (κ1) is 10.7. The number of nitrogens with one attached hydrogen (secondary N) is 1. The van der Waals surface area contributed by atoms with Crippen molar-refractivity contribution in [2.24, 2.45) is 0 Å². The van der Waals surface area contributed by atoms with Crippen LogP contribution in [-0.2, 0) is 0 Å². The van der Waals surface area contributed by atoms with Gasteiger partial charge in [0.05, 0.1) is 10.7 Å². The fourth-order valence-electron chi connectivity index (χ4n) is 1.32. The first-order chi connectivity index (χ1) is 8.35. The Labute approximate surface area is 97.8 Å². The third kappa shape index (κ3) is 2.23. The van der Waals surface area contributed by atoms with E-state index < -0.39 is 0 Å². The summed E-state index contributed by atoms with van der Waals surface area (Å²) in [5.74, 6) is 1.99. The van der Waals surface area contributed by atoms with Crippen LogP contribution in [0.1, 0.15) is 0 Å². The minimum Gasteiger partial charge on any atom is -0.252 e. The highest BCUT2D eigenvalue weighted by Gasteiger charge is 2.15.